The van der Waals surface area contributed by atoms with E-state index in [1.807, 2.05) is 30.3 Å². The second-order valence-corrected chi connectivity index (χ2v) is 6.04. The summed E-state index contributed by atoms with van der Waals surface area (Å²) in [6, 6.07) is 9.49. The summed E-state index contributed by atoms with van der Waals surface area (Å²) in [6.07, 6.45) is -1.79. The predicted octanol–water partition coefficient (Wildman–Crippen LogP) is 2.78. The van der Waals surface area contributed by atoms with Crippen molar-refractivity contribution in [3.8, 4) is 11.8 Å². The summed E-state index contributed by atoms with van der Waals surface area (Å²) in [5.74, 6) is 5.67. The number of carbonyl (C=O) groups is 1. The number of esters is 1. The lowest BCUT2D eigenvalue weighted by molar-refractivity contribution is -0.164. The zero-order valence-electron chi connectivity index (χ0n) is 14.5. The van der Waals surface area contributed by atoms with Crippen LogP contribution in [-0.4, -0.2) is 36.0 Å². The van der Waals surface area contributed by atoms with Gasteiger partial charge in [0.2, 0.25) is 0 Å². The van der Waals surface area contributed by atoms with Gasteiger partial charge in [-0.1, -0.05) is 30.0 Å². The van der Waals surface area contributed by atoms with Crippen molar-refractivity contribution >= 4 is 5.97 Å². The maximum atomic E-state index is 12.2. The zero-order chi connectivity index (χ0) is 17.5. The lowest BCUT2D eigenvalue weighted by Crippen LogP contribution is -2.42. The molecule has 1 aromatic carbocycles. The molecule has 0 spiro atoms. The highest BCUT2D eigenvalue weighted by Gasteiger charge is 2.39. The zero-order valence-corrected chi connectivity index (χ0v) is 14.5. The van der Waals surface area contributed by atoms with Gasteiger partial charge in [-0.3, -0.25) is 4.79 Å². The minimum Gasteiger partial charge on any atom is -0.465 e. The maximum absolute atomic E-state index is 12.2. The van der Waals surface area contributed by atoms with E-state index >= 15 is 0 Å². The van der Waals surface area contributed by atoms with Gasteiger partial charge in [0.25, 0.3) is 0 Å². The quantitative estimate of drug-likeness (QED) is 0.647. The second kappa shape index (κ2) is 8.71. The number of hydrogen-bond acceptors (Lipinski definition) is 4. The van der Waals surface area contributed by atoms with Gasteiger partial charge in [-0.2, -0.15) is 0 Å². The van der Waals surface area contributed by atoms with Crippen molar-refractivity contribution in [3.05, 3.63) is 35.9 Å². The van der Waals surface area contributed by atoms with Crippen LogP contribution in [0, 0.1) is 17.3 Å². The average Bonchev–Trinajstić information content (AvgIpc) is 2.52. The Morgan fingerprint density at radius 1 is 1.26 bits per heavy atom. The molecule has 0 saturated carbocycles. The molecule has 0 aromatic heterocycles. The van der Waals surface area contributed by atoms with Gasteiger partial charge in [0.15, 0.2) is 0 Å². The molecule has 0 aliphatic heterocycles. The molecular weight excluding hydrogens is 292 g/mol. The van der Waals surface area contributed by atoms with Crippen LogP contribution < -0.4 is 0 Å². The number of aliphatic hydroxyl groups is 1. The monoisotopic (exact) mass is 318 g/mol. The van der Waals surface area contributed by atoms with Crippen LogP contribution in [0.3, 0.4) is 0 Å². The molecule has 126 valence electrons. The average molecular weight is 318 g/mol. The van der Waals surface area contributed by atoms with Crippen LogP contribution in [0.1, 0.15) is 40.2 Å². The minimum atomic E-state index is -0.944. The highest BCUT2D eigenvalue weighted by atomic mass is 16.5. The van der Waals surface area contributed by atoms with Crippen LogP contribution in [0.4, 0.5) is 0 Å². The molecule has 0 fully saturated rings. The lowest BCUT2D eigenvalue weighted by atomic mass is 9.86. The first-order valence-corrected chi connectivity index (χ1v) is 7.86. The molecule has 1 N–H and O–H groups in total. The smallest absolute Gasteiger partial charge is 0.315 e. The minimum absolute atomic E-state index is 0.299. The molecule has 0 amide bonds. The van der Waals surface area contributed by atoms with Crippen molar-refractivity contribution in [1.29, 1.82) is 0 Å². The van der Waals surface area contributed by atoms with Crippen molar-refractivity contribution in [1.82, 2.24) is 0 Å². The summed E-state index contributed by atoms with van der Waals surface area (Å²) in [5.41, 5.74) is -0.105. The molecule has 4 heteroatoms. The molecular formula is C19H26O4. The first kappa shape index (κ1) is 19.2. The van der Waals surface area contributed by atoms with E-state index in [-0.39, 0.29) is 5.97 Å². The topological polar surface area (TPSA) is 55.8 Å². The highest BCUT2D eigenvalue weighted by Crippen LogP contribution is 2.27. The van der Waals surface area contributed by atoms with Crippen LogP contribution >= 0.6 is 0 Å². The summed E-state index contributed by atoms with van der Waals surface area (Å²) in [5, 5.41) is 9.67. The van der Waals surface area contributed by atoms with Crippen LogP contribution in [0.5, 0.6) is 0 Å². The van der Waals surface area contributed by atoms with Crippen LogP contribution in [0.2, 0.25) is 0 Å². The van der Waals surface area contributed by atoms with E-state index in [4.69, 9.17) is 9.47 Å². The van der Waals surface area contributed by atoms with Crippen LogP contribution in [-0.2, 0) is 14.3 Å². The SMILES string of the molecule is CCOC(=O)C(C)(C)[C@H](C#Cc1ccccc1)O[C@H](C)[C@H](C)O. The molecule has 23 heavy (non-hydrogen) atoms. The normalized spacial score (nSPS) is 15.0. The van der Waals surface area contributed by atoms with Crippen molar-refractivity contribution in [3.63, 3.8) is 0 Å². The summed E-state index contributed by atoms with van der Waals surface area (Å²) in [6.45, 7) is 8.94. The third-order valence-electron chi connectivity index (χ3n) is 3.61. The van der Waals surface area contributed by atoms with Crippen LogP contribution in [0.15, 0.2) is 30.3 Å². The fraction of sp³-hybridized carbons (Fsp3) is 0.526. The van der Waals surface area contributed by atoms with Crippen molar-refractivity contribution in [2.75, 3.05) is 6.61 Å². The third-order valence-corrected chi connectivity index (χ3v) is 3.61. The molecule has 0 saturated heterocycles. The van der Waals surface area contributed by atoms with Crippen molar-refractivity contribution in [2.45, 2.75) is 52.9 Å². The highest BCUT2D eigenvalue weighted by molar-refractivity contribution is 5.77. The van der Waals surface area contributed by atoms with E-state index in [1.165, 1.54) is 0 Å². The molecule has 0 unspecified atom stereocenters. The summed E-state index contributed by atoms with van der Waals surface area (Å²) < 4.78 is 11.0. The fourth-order valence-electron chi connectivity index (χ4n) is 1.81. The Labute approximate surface area is 138 Å². The molecule has 0 bridgehead atoms. The first-order chi connectivity index (χ1) is 10.8. The lowest BCUT2D eigenvalue weighted by Gasteiger charge is -2.31. The number of benzene rings is 1. The molecule has 0 radical (unpaired) electrons. The number of aliphatic hydroxyl groups excluding tert-OH is 1. The summed E-state index contributed by atoms with van der Waals surface area (Å²) in [4.78, 5) is 12.2. The van der Waals surface area contributed by atoms with Gasteiger partial charge >= 0.3 is 5.97 Å². The fourth-order valence-corrected chi connectivity index (χ4v) is 1.81. The number of hydrogen-bond donors (Lipinski definition) is 1. The summed E-state index contributed by atoms with van der Waals surface area (Å²) in [7, 11) is 0. The van der Waals surface area contributed by atoms with Gasteiger partial charge in [0.1, 0.15) is 6.10 Å². The number of carbonyl (C=O) groups excluding carboxylic acids is 1. The van der Waals surface area contributed by atoms with Gasteiger partial charge in [-0.05, 0) is 46.8 Å². The molecule has 1 rings (SSSR count). The Bertz CT molecular complexity index is 552. The van der Waals surface area contributed by atoms with E-state index in [9.17, 15) is 9.90 Å². The Balaban J connectivity index is 3.07. The van der Waals surface area contributed by atoms with E-state index in [0.29, 0.717) is 6.61 Å². The van der Waals surface area contributed by atoms with E-state index in [0.717, 1.165) is 5.56 Å². The van der Waals surface area contributed by atoms with Crippen molar-refractivity contribution < 1.29 is 19.4 Å². The molecule has 1 aromatic rings. The summed E-state index contributed by atoms with van der Waals surface area (Å²) >= 11 is 0. The Morgan fingerprint density at radius 3 is 2.39 bits per heavy atom. The van der Waals surface area contributed by atoms with Crippen molar-refractivity contribution in [2.24, 2.45) is 5.41 Å². The number of rotatable bonds is 6. The molecule has 3 atom stereocenters. The van der Waals surface area contributed by atoms with Gasteiger partial charge in [0.05, 0.1) is 24.2 Å². The Morgan fingerprint density at radius 2 is 1.87 bits per heavy atom. The van der Waals surface area contributed by atoms with E-state index < -0.39 is 23.7 Å². The third kappa shape index (κ3) is 5.70. The standard InChI is InChI=1S/C19H26O4/c1-6-22-18(21)19(4,5)17(23-15(3)14(2)20)13-12-16-10-8-7-9-11-16/h7-11,14-15,17,20H,6H2,1-5H3/t14-,15+,17-/m0/s1. The largest absolute Gasteiger partial charge is 0.465 e. The molecule has 4 nitrogen and oxygen atoms in total. The van der Waals surface area contributed by atoms with E-state index in [2.05, 4.69) is 11.8 Å². The first-order valence-electron chi connectivity index (χ1n) is 7.86. The van der Waals surface area contributed by atoms with Gasteiger partial charge < -0.3 is 14.6 Å². The molecule has 0 aliphatic rings. The molecule has 0 heterocycles. The van der Waals surface area contributed by atoms with Crippen LogP contribution in [0.25, 0.3) is 0 Å². The van der Waals surface area contributed by atoms with E-state index in [1.54, 1.807) is 34.6 Å². The number of ether oxygens (including phenoxy) is 2. The second-order valence-electron chi connectivity index (χ2n) is 6.04. The maximum Gasteiger partial charge on any atom is 0.315 e. The van der Waals surface area contributed by atoms with Gasteiger partial charge in [-0.25, -0.2) is 0 Å². The van der Waals surface area contributed by atoms with Gasteiger partial charge in [0, 0.05) is 5.56 Å². The Kier molecular flexibility index (Phi) is 7.28. The predicted molar refractivity (Wildman–Crippen MR) is 89.7 cm³/mol. The molecule has 0 aliphatic carbocycles. The van der Waals surface area contributed by atoms with Gasteiger partial charge in [-0.15, -0.1) is 0 Å². The Hall–Kier alpha value is -1.83.